The van der Waals surface area contributed by atoms with E-state index in [9.17, 15) is 4.79 Å². The van der Waals surface area contributed by atoms with Crippen molar-refractivity contribution in [1.82, 2.24) is 5.32 Å². The van der Waals surface area contributed by atoms with Gasteiger partial charge in [-0.3, -0.25) is 4.79 Å². The van der Waals surface area contributed by atoms with Crippen LogP contribution in [0.1, 0.15) is 27.4 Å². The number of fused-ring (bicyclic) bond motifs is 3. The number of methoxy groups -OCH3 is 2. The molecule has 1 aromatic heterocycles. The maximum atomic E-state index is 13.2. The molecule has 0 unspecified atom stereocenters. The van der Waals surface area contributed by atoms with Gasteiger partial charge >= 0.3 is 0 Å². The van der Waals surface area contributed by atoms with Crippen LogP contribution in [0.2, 0.25) is 0 Å². The molecule has 0 fully saturated rings. The first-order valence-electron chi connectivity index (χ1n) is 11.6. The molecule has 0 aliphatic carbocycles. The lowest BCUT2D eigenvalue weighted by molar-refractivity contribution is 0.0951. The highest BCUT2D eigenvalue weighted by molar-refractivity contribution is 6.08. The van der Waals surface area contributed by atoms with E-state index >= 15 is 0 Å². The summed E-state index contributed by atoms with van der Waals surface area (Å²) in [6.45, 7) is 0.480. The fourth-order valence-electron chi connectivity index (χ4n) is 4.50. The van der Waals surface area contributed by atoms with Crippen LogP contribution in [-0.4, -0.2) is 26.7 Å². The Morgan fingerprint density at radius 2 is 1.54 bits per heavy atom. The van der Waals surface area contributed by atoms with E-state index < -0.39 is 0 Å². The van der Waals surface area contributed by atoms with Crippen LogP contribution in [0.3, 0.4) is 0 Å². The van der Waals surface area contributed by atoms with E-state index in [1.54, 1.807) is 14.2 Å². The van der Waals surface area contributed by atoms with Crippen LogP contribution < -0.4 is 14.8 Å². The molecule has 0 bridgehead atoms. The van der Waals surface area contributed by atoms with Crippen molar-refractivity contribution in [2.45, 2.75) is 12.3 Å². The van der Waals surface area contributed by atoms with Gasteiger partial charge < -0.3 is 19.2 Å². The van der Waals surface area contributed by atoms with Crippen molar-refractivity contribution in [3.63, 3.8) is 0 Å². The molecule has 5 aromatic rings. The molecule has 1 N–H and O–H groups in total. The topological polar surface area (TPSA) is 60.7 Å². The first-order valence-corrected chi connectivity index (χ1v) is 11.6. The van der Waals surface area contributed by atoms with Gasteiger partial charge in [0.05, 0.1) is 14.2 Å². The zero-order chi connectivity index (χ0) is 24.2. The standard InChI is InChI=1S/C30H27NO4/c1-33-28-15-12-21(18-29(28)34-2)23(16-20-8-4-3-5-9-20)19-31-30(32)22-13-14-27-25(17-22)24-10-6-7-11-26(24)35-27/h3-15,17-18,23H,16,19H2,1-2H3,(H,31,32)/t23-/m1/s1. The number of carbonyl (C=O) groups excluding carboxylic acids is 1. The van der Waals surface area contributed by atoms with Crippen molar-refractivity contribution < 1.29 is 18.7 Å². The van der Waals surface area contributed by atoms with Crippen LogP contribution in [0.25, 0.3) is 21.9 Å². The molecular weight excluding hydrogens is 438 g/mol. The van der Waals surface area contributed by atoms with E-state index in [2.05, 4.69) is 17.4 Å². The minimum Gasteiger partial charge on any atom is -0.493 e. The smallest absolute Gasteiger partial charge is 0.251 e. The van der Waals surface area contributed by atoms with Crippen molar-refractivity contribution in [3.8, 4) is 11.5 Å². The normalized spacial score (nSPS) is 11.9. The molecule has 1 amide bonds. The van der Waals surface area contributed by atoms with Gasteiger partial charge in [0.25, 0.3) is 5.91 Å². The molecule has 0 aliphatic heterocycles. The SMILES string of the molecule is COc1ccc([C@@H](CNC(=O)c2ccc3oc4ccccc4c3c2)Cc2ccccc2)cc1OC. The molecular formula is C30H27NO4. The molecule has 35 heavy (non-hydrogen) atoms. The molecule has 0 radical (unpaired) electrons. The van der Waals surface area contributed by atoms with Crippen molar-refractivity contribution >= 4 is 27.8 Å². The highest BCUT2D eigenvalue weighted by atomic mass is 16.5. The van der Waals surface area contributed by atoms with Crippen molar-refractivity contribution in [3.05, 3.63) is 108 Å². The van der Waals surface area contributed by atoms with E-state index in [-0.39, 0.29) is 11.8 Å². The van der Waals surface area contributed by atoms with E-state index in [0.29, 0.717) is 23.6 Å². The zero-order valence-corrected chi connectivity index (χ0v) is 19.8. The Morgan fingerprint density at radius 1 is 0.800 bits per heavy atom. The van der Waals surface area contributed by atoms with Crippen molar-refractivity contribution in [2.24, 2.45) is 0 Å². The first-order chi connectivity index (χ1) is 17.2. The number of rotatable bonds is 8. The molecule has 0 saturated carbocycles. The van der Waals surface area contributed by atoms with Gasteiger partial charge in [0.15, 0.2) is 11.5 Å². The summed E-state index contributed by atoms with van der Waals surface area (Å²) in [6, 6.07) is 29.6. The monoisotopic (exact) mass is 465 g/mol. The fraction of sp³-hybridized carbons (Fsp3) is 0.167. The van der Waals surface area contributed by atoms with Gasteiger partial charge in [-0.1, -0.05) is 54.6 Å². The number of nitrogens with one attached hydrogen (secondary N) is 1. The predicted molar refractivity (Wildman–Crippen MR) is 138 cm³/mol. The van der Waals surface area contributed by atoms with E-state index in [0.717, 1.165) is 33.9 Å². The molecule has 5 nitrogen and oxygen atoms in total. The third-order valence-corrected chi connectivity index (χ3v) is 6.35. The average molecular weight is 466 g/mol. The number of carbonyl (C=O) groups is 1. The van der Waals surface area contributed by atoms with Gasteiger partial charge in [0.2, 0.25) is 0 Å². The summed E-state index contributed by atoms with van der Waals surface area (Å²) in [5.74, 6) is 1.29. The van der Waals surface area contributed by atoms with E-state index in [1.807, 2.05) is 78.9 Å². The summed E-state index contributed by atoms with van der Waals surface area (Å²) >= 11 is 0. The van der Waals surface area contributed by atoms with Gasteiger partial charge in [-0.15, -0.1) is 0 Å². The summed E-state index contributed by atoms with van der Waals surface area (Å²) in [5.41, 5.74) is 4.47. The van der Waals surface area contributed by atoms with Crippen LogP contribution in [0.5, 0.6) is 11.5 Å². The molecule has 0 saturated heterocycles. The maximum absolute atomic E-state index is 13.2. The summed E-state index contributed by atoms with van der Waals surface area (Å²) in [7, 11) is 3.25. The third kappa shape index (κ3) is 4.71. The van der Waals surface area contributed by atoms with Crippen molar-refractivity contribution in [2.75, 3.05) is 20.8 Å². The van der Waals surface area contributed by atoms with Crippen LogP contribution in [-0.2, 0) is 6.42 Å². The molecule has 5 heteroatoms. The Morgan fingerprint density at radius 3 is 2.34 bits per heavy atom. The summed E-state index contributed by atoms with van der Waals surface area (Å²) in [5, 5.41) is 5.09. The number of benzene rings is 4. The van der Waals surface area contributed by atoms with Crippen LogP contribution in [0.15, 0.2) is 95.4 Å². The minimum atomic E-state index is -0.115. The molecule has 1 heterocycles. The number of para-hydroxylation sites is 1. The van der Waals surface area contributed by atoms with Gasteiger partial charge in [-0.2, -0.15) is 0 Å². The zero-order valence-electron chi connectivity index (χ0n) is 19.8. The second-order valence-electron chi connectivity index (χ2n) is 8.52. The summed E-state index contributed by atoms with van der Waals surface area (Å²) in [6.07, 6.45) is 0.780. The molecule has 0 spiro atoms. The highest BCUT2D eigenvalue weighted by Crippen LogP contribution is 2.32. The second kappa shape index (κ2) is 9.94. The maximum Gasteiger partial charge on any atom is 0.251 e. The number of furan rings is 1. The fourth-order valence-corrected chi connectivity index (χ4v) is 4.50. The first kappa shape index (κ1) is 22.5. The van der Waals surface area contributed by atoms with E-state index in [4.69, 9.17) is 13.9 Å². The van der Waals surface area contributed by atoms with Gasteiger partial charge in [0.1, 0.15) is 11.2 Å². The third-order valence-electron chi connectivity index (χ3n) is 6.35. The number of hydrogen-bond donors (Lipinski definition) is 1. The predicted octanol–water partition coefficient (Wildman–Crippen LogP) is 6.36. The van der Waals surface area contributed by atoms with E-state index in [1.165, 1.54) is 5.56 Å². The molecule has 4 aromatic carbocycles. The van der Waals surface area contributed by atoms with Crippen LogP contribution in [0, 0.1) is 0 Å². The molecule has 176 valence electrons. The Bertz CT molecular complexity index is 1470. The van der Waals surface area contributed by atoms with Gasteiger partial charge in [-0.25, -0.2) is 0 Å². The Balaban J connectivity index is 1.40. The summed E-state index contributed by atoms with van der Waals surface area (Å²) in [4.78, 5) is 13.2. The molecule has 0 aliphatic rings. The molecule has 1 atom stereocenters. The number of hydrogen-bond acceptors (Lipinski definition) is 4. The lowest BCUT2D eigenvalue weighted by Crippen LogP contribution is -2.29. The Hall–Kier alpha value is -4.25. The minimum absolute atomic E-state index is 0.0552. The second-order valence-corrected chi connectivity index (χ2v) is 8.52. The van der Waals surface area contributed by atoms with Crippen molar-refractivity contribution in [1.29, 1.82) is 0 Å². The Labute approximate surface area is 204 Å². The summed E-state index contributed by atoms with van der Waals surface area (Å²) < 4.78 is 16.8. The largest absolute Gasteiger partial charge is 0.493 e. The highest BCUT2D eigenvalue weighted by Gasteiger charge is 2.18. The number of ether oxygens (including phenoxy) is 2. The quantitative estimate of drug-likeness (QED) is 0.290. The molecule has 5 rings (SSSR count). The Kier molecular flexibility index (Phi) is 6.40. The van der Waals surface area contributed by atoms with Gasteiger partial charge in [0, 0.05) is 28.8 Å². The van der Waals surface area contributed by atoms with Gasteiger partial charge in [-0.05, 0) is 53.9 Å². The lowest BCUT2D eigenvalue weighted by Gasteiger charge is -2.20. The number of amides is 1. The van der Waals surface area contributed by atoms with Crippen LogP contribution in [0.4, 0.5) is 0 Å². The lowest BCUT2D eigenvalue weighted by atomic mass is 9.91. The van der Waals surface area contributed by atoms with Crippen LogP contribution >= 0.6 is 0 Å². The average Bonchev–Trinajstić information content (AvgIpc) is 3.29.